The summed E-state index contributed by atoms with van der Waals surface area (Å²) in [5, 5.41) is 10.6. The minimum Gasteiger partial charge on any atom is -0.493 e. The number of fused-ring (bicyclic) bond motifs is 1. The molecule has 1 unspecified atom stereocenters. The van der Waals surface area contributed by atoms with Crippen LogP contribution in [0.2, 0.25) is 0 Å². The molecule has 4 rings (SSSR count). The van der Waals surface area contributed by atoms with Crippen LogP contribution in [0.1, 0.15) is 65.4 Å². The molecule has 0 radical (unpaired) electrons. The van der Waals surface area contributed by atoms with Crippen LogP contribution in [0, 0.1) is 11.3 Å². The van der Waals surface area contributed by atoms with E-state index in [0.29, 0.717) is 36.8 Å². The highest BCUT2D eigenvalue weighted by Gasteiger charge is 2.49. The summed E-state index contributed by atoms with van der Waals surface area (Å²) in [6.07, 6.45) is 7.97. The molecule has 1 amide bonds. The number of amides is 1. The van der Waals surface area contributed by atoms with Crippen LogP contribution in [0.4, 0.5) is 5.69 Å². The molecule has 0 spiro atoms. The smallest absolute Gasteiger partial charge is 0.308 e. The third-order valence-electron chi connectivity index (χ3n) is 7.89. The largest absolute Gasteiger partial charge is 0.493 e. The van der Waals surface area contributed by atoms with Crippen molar-refractivity contribution in [3.05, 3.63) is 53.9 Å². The zero-order chi connectivity index (χ0) is 29.7. The number of carbonyl (C=O) groups is 2. The van der Waals surface area contributed by atoms with Crippen molar-refractivity contribution in [3.8, 4) is 17.2 Å². The lowest BCUT2D eigenvalue weighted by Gasteiger charge is -2.34. The van der Waals surface area contributed by atoms with E-state index in [2.05, 4.69) is 36.7 Å². The number of methoxy groups -OCH3 is 1. The second kappa shape index (κ2) is 12.9. The minimum atomic E-state index is -0.880. The molecule has 3 heterocycles. The van der Waals surface area contributed by atoms with E-state index in [1.807, 2.05) is 38.1 Å². The van der Waals surface area contributed by atoms with Gasteiger partial charge < -0.3 is 24.2 Å². The Labute approximate surface area is 243 Å². The Morgan fingerprint density at radius 1 is 1.27 bits per heavy atom. The number of hydrogen-bond donors (Lipinski definition) is 1. The van der Waals surface area contributed by atoms with Gasteiger partial charge in [-0.1, -0.05) is 38.8 Å². The van der Waals surface area contributed by atoms with Crippen molar-refractivity contribution in [3.63, 3.8) is 0 Å². The van der Waals surface area contributed by atoms with Gasteiger partial charge in [-0.2, -0.15) is 0 Å². The fourth-order valence-corrected chi connectivity index (χ4v) is 6.31. The predicted octanol–water partition coefficient (Wildman–Crippen LogP) is 5.50. The molecule has 41 heavy (non-hydrogen) atoms. The second-order valence-corrected chi connectivity index (χ2v) is 11.9. The Morgan fingerprint density at radius 2 is 2.05 bits per heavy atom. The minimum absolute atomic E-state index is 0.0653. The number of pyridine rings is 1. The molecule has 2 aromatic rings. The number of carboxylic acid groups (broad SMARTS) is 1. The summed E-state index contributed by atoms with van der Waals surface area (Å²) in [4.78, 5) is 35.0. The molecule has 0 saturated carbocycles. The van der Waals surface area contributed by atoms with E-state index in [-0.39, 0.29) is 36.6 Å². The van der Waals surface area contributed by atoms with Crippen molar-refractivity contribution in [1.29, 1.82) is 0 Å². The van der Waals surface area contributed by atoms with Crippen LogP contribution in [-0.2, 0) is 9.59 Å². The van der Waals surface area contributed by atoms with Gasteiger partial charge in [0.25, 0.3) is 0 Å². The first-order valence-electron chi connectivity index (χ1n) is 14.4. The van der Waals surface area contributed by atoms with Gasteiger partial charge in [0.15, 0.2) is 11.5 Å². The molecule has 9 nitrogen and oxygen atoms in total. The van der Waals surface area contributed by atoms with Crippen molar-refractivity contribution < 1.29 is 28.9 Å². The number of likely N-dealkylation sites (tertiary alicyclic amines) is 1. The maximum Gasteiger partial charge on any atom is 0.308 e. The van der Waals surface area contributed by atoms with Crippen LogP contribution in [0.15, 0.2) is 48.3 Å². The van der Waals surface area contributed by atoms with Gasteiger partial charge in [-0.25, -0.2) is 0 Å². The number of benzene rings is 1. The number of rotatable bonds is 12. The van der Waals surface area contributed by atoms with Gasteiger partial charge in [-0.15, -0.1) is 0 Å². The molecule has 2 aliphatic rings. The van der Waals surface area contributed by atoms with E-state index in [9.17, 15) is 14.7 Å². The van der Waals surface area contributed by atoms with Gasteiger partial charge >= 0.3 is 5.97 Å². The Balaban J connectivity index is 1.72. The SMILES string of the molecule is CCCCN(C(=O)CN1C[C@H](c2cc(OC)c3c(c2)OCO3)C(C(=O)O)[C@@H]1CC(C)(C)C=C(C)C)c1cccnc1. The summed E-state index contributed by atoms with van der Waals surface area (Å²) in [7, 11) is 1.56. The fraction of sp³-hybridized carbons (Fsp3) is 0.531. The van der Waals surface area contributed by atoms with E-state index < -0.39 is 11.9 Å². The second-order valence-electron chi connectivity index (χ2n) is 11.9. The van der Waals surface area contributed by atoms with Gasteiger partial charge in [0.05, 0.1) is 31.5 Å². The Bertz CT molecular complexity index is 1260. The molecule has 1 N–H and O–H groups in total. The number of ether oxygens (including phenoxy) is 3. The zero-order valence-corrected chi connectivity index (χ0v) is 25.1. The lowest BCUT2D eigenvalue weighted by molar-refractivity contribution is -0.143. The maximum atomic E-state index is 13.9. The van der Waals surface area contributed by atoms with Crippen LogP contribution in [-0.4, -0.2) is 66.4 Å². The summed E-state index contributed by atoms with van der Waals surface area (Å²) in [6, 6.07) is 7.05. The number of hydrogen-bond acceptors (Lipinski definition) is 7. The number of unbranched alkanes of at least 4 members (excludes halogenated alkanes) is 1. The third-order valence-corrected chi connectivity index (χ3v) is 7.89. The first-order chi connectivity index (χ1) is 19.5. The highest BCUT2D eigenvalue weighted by atomic mass is 16.7. The van der Waals surface area contributed by atoms with Crippen LogP contribution in [0.3, 0.4) is 0 Å². The molecule has 1 aromatic carbocycles. The average molecular weight is 566 g/mol. The normalized spacial score (nSPS) is 20.1. The Kier molecular flexibility index (Phi) is 9.58. The monoisotopic (exact) mass is 565 g/mol. The predicted molar refractivity (Wildman–Crippen MR) is 158 cm³/mol. The molecule has 0 aliphatic carbocycles. The third kappa shape index (κ3) is 7.01. The number of carboxylic acids is 1. The molecule has 9 heteroatoms. The first-order valence-corrected chi connectivity index (χ1v) is 14.4. The summed E-state index contributed by atoms with van der Waals surface area (Å²) in [5.41, 5.74) is 2.44. The fourth-order valence-electron chi connectivity index (χ4n) is 6.31. The molecule has 3 atom stereocenters. The van der Waals surface area contributed by atoms with Gasteiger partial charge in [-0.05, 0) is 61.9 Å². The first kappa shape index (κ1) is 30.4. The number of nitrogens with zero attached hydrogens (tertiary/aromatic N) is 3. The van der Waals surface area contributed by atoms with E-state index in [1.54, 1.807) is 24.4 Å². The van der Waals surface area contributed by atoms with E-state index >= 15 is 0 Å². The van der Waals surface area contributed by atoms with Gasteiger partial charge in [0.1, 0.15) is 0 Å². The summed E-state index contributed by atoms with van der Waals surface area (Å²) in [6.45, 7) is 11.6. The quantitative estimate of drug-likeness (QED) is 0.337. The molecule has 1 aromatic heterocycles. The summed E-state index contributed by atoms with van der Waals surface area (Å²) >= 11 is 0. The lowest BCUT2D eigenvalue weighted by atomic mass is 9.77. The van der Waals surface area contributed by atoms with Crippen molar-refractivity contribution in [1.82, 2.24) is 9.88 Å². The van der Waals surface area contributed by atoms with Crippen molar-refractivity contribution >= 4 is 17.6 Å². The number of carbonyl (C=O) groups excluding carboxylic acids is 1. The van der Waals surface area contributed by atoms with E-state index in [1.165, 1.54) is 5.57 Å². The molecule has 0 bridgehead atoms. The van der Waals surface area contributed by atoms with Gasteiger partial charge in [-0.3, -0.25) is 19.5 Å². The maximum absolute atomic E-state index is 13.9. The van der Waals surface area contributed by atoms with Crippen LogP contribution >= 0.6 is 0 Å². The van der Waals surface area contributed by atoms with Crippen LogP contribution in [0.25, 0.3) is 0 Å². The summed E-state index contributed by atoms with van der Waals surface area (Å²) in [5.74, 6) is -0.477. The van der Waals surface area contributed by atoms with Crippen LogP contribution in [0.5, 0.6) is 17.2 Å². The molecular weight excluding hydrogens is 522 g/mol. The lowest BCUT2D eigenvalue weighted by Crippen LogP contribution is -2.45. The van der Waals surface area contributed by atoms with Crippen LogP contribution < -0.4 is 19.1 Å². The van der Waals surface area contributed by atoms with Crippen molar-refractivity contribution in [2.24, 2.45) is 11.3 Å². The molecule has 2 aliphatic heterocycles. The highest BCUT2D eigenvalue weighted by molar-refractivity contribution is 5.94. The molecule has 222 valence electrons. The topological polar surface area (TPSA) is 101 Å². The number of anilines is 1. The Hall–Kier alpha value is -3.59. The van der Waals surface area contributed by atoms with Gasteiger partial charge in [0.2, 0.25) is 18.4 Å². The number of allylic oxidation sites excluding steroid dienone is 2. The molecular formula is C32H43N3O6. The van der Waals surface area contributed by atoms with Gasteiger partial charge in [0, 0.05) is 31.2 Å². The van der Waals surface area contributed by atoms with E-state index in [4.69, 9.17) is 14.2 Å². The standard InChI is InChI=1S/C32H43N3O6/c1-7-8-12-35(23-10-9-11-33-17-23)28(36)19-34-18-24(22-13-26(39-6)30-27(14-22)40-20-41-30)29(31(37)38)25(34)16-32(4,5)15-21(2)3/h9-11,13-15,17,24-25,29H,7-8,12,16,18-20H2,1-6H3,(H,37,38)/t24-,25+,29?/m1/s1. The van der Waals surface area contributed by atoms with E-state index in [0.717, 1.165) is 24.1 Å². The molecule has 1 saturated heterocycles. The van der Waals surface area contributed by atoms with Crippen molar-refractivity contribution in [2.45, 2.75) is 65.8 Å². The highest BCUT2D eigenvalue weighted by Crippen LogP contribution is 2.48. The Morgan fingerprint density at radius 3 is 2.68 bits per heavy atom. The van der Waals surface area contributed by atoms with Crippen molar-refractivity contribution in [2.75, 3.05) is 38.4 Å². The molecule has 1 fully saturated rings. The summed E-state index contributed by atoms with van der Waals surface area (Å²) < 4.78 is 16.8. The zero-order valence-electron chi connectivity index (χ0n) is 25.1. The number of aliphatic carboxylic acids is 1. The number of aromatic nitrogens is 1. The average Bonchev–Trinajstić information content (AvgIpc) is 3.53.